The number of carbonyl (C=O) groups excluding carboxylic acids is 1. The van der Waals surface area contributed by atoms with Crippen molar-refractivity contribution >= 4 is 6.08 Å². The second-order valence-electron chi connectivity index (χ2n) is 3.06. The third-order valence-corrected chi connectivity index (χ3v) is 2.29. The highest BCUT2D eigenvalue weighted by Gasteiger charge is 2.17. The molecule has 1 unspecified atom stereocenters. The lowest BCUT2D eigenvalue weighted by atomic mass is 10.0. The molecule has 0 aliphatic carbocycles. The van der Waals surface area contributed by atoms with Crippen molar-refractivity contribution in [2.75, 3.05) is 20.1 Å². The van der Waals surface area contributed by atoms with Gasteiger partial charge in [0.05, 0.1) is 6.54 Å². The van der Waals surface area contributed by atoms with Gasteiger partial charge in [-0.15, -0.1) is 0 Å². The van der Waals surface area contributed by atoms with Gasteiger partial charge >= 0.3 is 0 Å². The van der Waals surface area contributed by atoms with Gasteiger partial charge < -0.3 is 4.90 Å². The predicted molar refractivity (Wildman–Crippen MR) is 43.3 cm³/mol. The van der Waals surface area contributed by atoms with E-state index in [0.29, 0.717) is 12.6 Å². The monoisotopic (exact) mass is 154 g/mol. The molecule has 1 rings (SSSR count). The summed E-state index contributed by atoms with van der Waals surface area (Å²) in [6.45, 7) is 1.76. The van der Waals surface area contributed by atoms with Crippen LogP contribution in [0.25, 0.3) is 0 Å². The Bertz CT molecular complexity index is 163. The first-order valence-corrected chi connectivity index (χ1v) is 4.08. The van der Waals surface area contributed by atoms with Crippen molar-refractivity contribution in [2.24, 2.45) is 4.99 Å². The molecule has 1 aliphatic rings. The zero-order chi connectivity index (χ0) is 8.10. The van der Waals surface area contributed by atoms with E-state index in [1.807, 2.05) is 0 Å². The molecule has 0 radical (unpaired) electrons. The van der Waals surface area contributed by atoms with E-state index in [4.69, 9.17) is 0 Å². The largest absolute Gasteiger partial charge is 0.302 e. The highest BCUT2D eigenvalue weighted by atomic mass is 16.1. The van der Waals surface area contributed by atoms with Gasteiger partial charge in [-0.2, -0.15) is 0 Å². The molecule has 3 heteroatoms. The molecule has 0 bridgehead atoms. The maximum atomic E-state index is 9.84. The number of likely N-dealkylation sites (tertiary alicyclic amines) is 1. The van der Waals surface area contributed by atoms with Crippen molar-refractivity contribution in [3.63, 3.8) is 0 Å². The van der Waals surface area contributed by atoms with Crippen LogP contribution in [0.2, 0.25) is 0 Å². The molecule has 1 saturated heterocycles. The smallest absolute Gasteiger partial charge is 0.234 e. The molecule has 1 fully saturated rings. The molecule has 0 N–H and O–H groups in total. The van der Waals surface area contributed by atoms with Gasteiger partial charge in [0, 0.05) is 6.04 Å². The summed E-state index contributed by atoms with van der Waals surface area (Å²) < 4.78 is 0. The summed E-state index contributed by atoms with van der Waals surface area (Å²) in [6, 6.07) is 0.477. The molecule has 1 atom stereocenters. The van der Waals surface area contributed by atoms with Gasteiger partial charge in [-0.05, 0) is 26.4 Å². The van der Waals surface area contributed by atoms with Crippen LogP contribution in [0.15, 0.2) is 4.99 Å². The van der Waals surface area contributed by atoms with Crippen molar-refractivity contribution in [2.45, 2.75) is 25.3 Å². The van der Waals surface area contributed by atoms with Crippen LogP contribution in [0.1, 0.15) is 19.3 Å². The number of hydrogen-bond acceptors (Lipinski definition) is 3. The van der Waals surface area contributed by atoms with Gasteiger partial charge in [-0.3, -0.25) is 0 Å². The number of nitrogens with zero attached hydrogens (tertiary/aromatic N) is 2. The van der Waals surface area contributed by atoms with Gasteiger partial charge in [0.2, 0.25) is 6.08 Å². The third kappa shape index (κ3) is 2.45. The Morgan fingerprint density at radius 2 is 2.45 bits per heavy atom. The van der Waals surface area contributed by atoms with Crippen molar-refractivity contribution in [3.05, 3.63) is 0 Å². The van der Waals surface area contributed by atoms with Gasteiger partial charge in [0.25, 0.3) is 0 Å². The molecule has 62 valence electrons. The molecule has 11 heavy (non-hydrogen) atoms. The van der Waals surface area contributed by atoms with Crippen LogP contribution in [0.4, 0.5) is 0 Å². The lowest BCUT2D eigenvalue weighted by Gasteiger charge is -2.30. The zero-order valence-corrected chi connectivity index (χ0v) is 6.92. The molecule has 0 saturated carbocycles. The van der Waals surface area contributed by atoms with Crippen molar-refractivity contribution in [1.29, 1.82) is 0 Å². The average Bonchev–Trinajstić information content (AvgIpc) is 2.03. The Morgan fingerprint density at radius 1 is 1.64 bits per heavy atom. The van der Waals surface area contributed by atoms with Gasteiger partial charge in [-0.25, -0.2) is 9.79 Å². The Labute approximate surface area is 67.1 Å². The van der Waals surface area contributed by atoms with Gasteiger partial charge in [-0.1, -0.05) is 6.42 Å². The molecular formula is C8H14N2O. The normalized spacial score (nSPS) is 26.1. The maximum Gasteiger partial charge on any atom is 0.234 e. The van der Waals surface area contributed by atoms with Crippen LogP contribution in [0.3, 0.4) is 0 Å². The molecule has 0 amide bonds. The molecule has 3 nitrogen and oxygen atoms in total. The van der Waals surface area contributed by atoms with E-state index in [2.05, 4.69) is 16.9 Å². The van der Waals surface area contributed by atoms with E-state index in [0.717, 1.165) is 6.54 Å². The lowest BCUT2D eigenvalue weighted by Crippen LogP contribution is -2.38. The standard InChI is InChI=1S/C8H14N2O/c1-10-5-3-2-4-8(10)6-9-7-11/h8H,2-6H2,1H3. The van der Waals surface area contributed by atoms with Crippen LogP contribution < -0.4 is 0 Å². The minimum Gasteiger partial charge on any atom is -0.302 e. The van der Waals surface area contributed by atoms with E-state index in [9.17, 15) is 4.79 Å². The SMILES string of the molecule is CN1CCCCC1CN=C=O. The molecular weight excluding hydrogens is 140 g/mol. The van der Waals surface area contributed by atoms with E-state index in [-0.39, 0.29) is 0 Å². The summed E-state index contributed by atoms with van der Waals surface area (Å²) in [5, 5.41) is 0. The van der Waals surface area contributed by atoms with Crippen LogP contribution in [0, 0.1) is 0 Å². The van der Waals surface area contributed by atoms with Crippen LogP contribution in [-0.4, -0.2) is 37.2 Å². The topological polar surface area (TPSA) is 32.7 Å². The highest BCUT2D eigenvalue weighted by molar-refractivity contribution is 5.32. The van der Waals surface area contributed by atoms with Crippen molar-refractivity contribution in [1.82, 2.24) is 4.90 Å². The fourth-order valence-electron chi connectivity index (χ4n) is 1.52. The number of isocyanates is 1. The summed E-state index contributed by atoms with van der Waals surface area (Å²) in [4.78, 5) is 15.7. The van der Waals surface area contributed by atoms with Crippen molar-refractivity contribution in [3.8, 4) is 0 Å². The van der Waals surface area contributed by atoms with Gasteiger partial charge in [0.1, 0.15) is 0 Å². The summed E-state index contributed by atoms with van der Waals surface area (Å²) in [5.41, 5.74) is 0. The van der Waals surface area contributed by atoms with E-state index >= 15 is 0 Å². The number of piperidine rings is 1. The van der Waals surface area contributed by atoms with Crippen LogP contribution in [0.5, 0.6) is 0 Å². The minimum atomic E-state index is 0.477. The lowest BCUT2D eigenvalue weighted by molar-refractivity contribution is 0.191. The summed E-state index contributed by atoms with van der Waals surface area (Å²) in [5.74, 6) is 0. The second-order valence-corrected chi connectivity index (χ2v) is 3.06. The van der Waals surface area contributed by atoms with Crippen LogP contribution >= 0.6 is 0 Å². The Balaban J connectivity index is 2.35. The average molecular weight is 154 g/mol. The fourth-order valence-corrected chi connectivity index (χ4v) is 1.52. The fraction of sp³-hybridized carbons (Fsp3) is 0.875. The van der Waals surface area contributed by atoms with E-state index < -0.39 is 0 Å². The number of rotatable bonds is 2. The Morgan fingerprint density at radius 3 is 3.09 bits per heavy atom. The third-order valence-electron chi connectivity index (χ3n) is 2.29. The minimum absolute atomic E-state index is 0.477. The van der Waals surface area contributed by atoms with Gasteiger partial charge in [0.15, 0.2) is 0 Å². The first-order valence-electron chi connectivity index (χ1n) is 4.08. The predicted octanol–water partition coefficient (Wildman–Crippen LogP) is 0.806. The summed E-state index contributed by atoms with van der Waals surface area (Å²) in [7, 11) is 2.09. The molecule has 0 spiro atoms. The quantitative estimate of drug-likeness (QED) is 0.435. The van der Waals surface area contributed by atoms with Crippen LogP contribution in [-0.2, 0) is 4.79 Å². The maximum absolute atomic E-state index is 9.84. The molecule has 1 aliphatic heterocycles. The highest BCUT2D eigenvalue weighted by Crippen LogP contribution is 2.14. The number of likely N-dealkylation sites (N-methyl/N-ethyl adjacent to an activating group) is 1. The summed E-state index contributed by atoms with van der Waals surface area (Å²) in [6.07, 6.45) is 5.30. The first kappa shape index (κ1) is 8.44. The zero-order valence-electron chi connectivity index (χ0n) is 6.92. The molecule has 0 aromatic rings. The Kier molecular flexibility index (Phi) is 3.27. The van der Waals surface area contributed by atoms with E-state index in [1.165, 1.54) is 19.3 Å². The Hall–Kier alpha value is -0.660. The first-order chi connectivity index (χ1) is 5.34. The molecule has 0 aromatic carbocycles. The number of hydrogen-bond donors (Lipinski definition) is 0. The molecule has 1 heterocycles. The second kappa shape index (κ2) is 4.27. The molecule has 0 aromatic heterocycles. The van der Waals surface area contributed by atoms with Crippen molar-refractivity contribution < 1.29 is 4.79 Å². The summed E-state index contributed by atoms with van der Waals surface area (Å²) >= 11 is 0. The van der Waals surface area contributed by atoms with E-state index in [1.54, 1.807) is 6.08 Å². The number of aliphatic imine (C=N–C) groups is 1.